The maximum Gasteiger partial charge on any atom is 0.573 e. The number of hydrogen-bond donors (Lipinski definition) is 0. The minimum atomic E-state index is -4.88. The molecule has 4 aromatic rings. The van der Waals surface area contributed by atoms with Crippen molar-refractivity contribution in [3.8, 4) is 17.5 Å². The fourth-order valence-corrected chi connectivity index (χ4v) is 3.85. The van der Waals surface area contributed by atoms with Crippen LogP contribution in [0.4, 0.5) is 13.2 Å². The van der Waals surface area contributed by atoms with Gasteiger partial charge in [0.2, 0.25) is 0 Å². The van der Waals surface area contributed by atoms with E-state index in [1.54, 1.807) is 24.3 Å². The van der Waals surface area contributed by atoms with Gasteiger partial charge in [-0.1, -0.05) is 29.8 Å². The Morgan fingerprint density at radius 3 is 2.46 bits per heavy atom. The first-order valence-corrected chi connectivity index (χ1v) is 11.4. The van der Waals surface area contributed by atoms with Crippen molar-refractivity contribution in [2.75, 3.05) is 6.54 Å². The number of aryl methyl sites for hydroxylation is 1. The molecule has 13 heteroatoms. The SMILES string of the molecule is C=NCCCn1c(=O)c2c(nc(Oc3cccc(OC(F)(F)F)c3)n2Cc2ccc(Cl)cc2)n(C)c1=O. The molecule has 0 radical (unpaired) electrons. The number of halogens is 4. The van der Waals surface area contributed by atoms with Gasteiger partial charge in [0.15, 0.2) is 11.2 Å². The quantitative estimate of drug-likeness (QED) is 0.234. The number of aliphatic imine (C=N–C) groups is 1. The van der Waals surface area contributed by atoms with Crippen molar-refractivity contribution in [1.29, 1.82) is 0 Å². The molecule has 0 aliphatic heterocycles. The van der Waals surface area contributed by atoms with Gasteiger partial charge in [-0.25, -0.2) is 4.79 Å². The van der Waals surface area contributed by atoms with E-state index >= 15 is 0 Å². The monoisotopic (exact) mass is 535 g/mol. The van der Waals surface area contributed by atoms with Crippen LogP contribution in [0, 0.1) is 0 Å². The highest BCUT2D eigenvalue weighted by Gasteiger charge is 2.31. The van der Waals surface area contributed by atoms with Gasteiger partial charge in [-0.05, 0) is 43.0 Å². The van der Waals surface area contributed by atoms with Gasteiger partial charge in [0.25, 0.3) is 5.56 Å². The zero-order valence-corrected chi connectivity index (χ0v) is 20.3. The summed E-state index contributed by atoms with van der Waals surface area (Å²) in [6, 6.07) is 11.6. The second-order valence-electron chi connectivity index (χ2n) is 8.00. The Kier molecular flexibility index (Phi) is 7.39. The highest BCUT2D eigenvalue weighted by atomic mass is 35.5. The van der Waals surface area contributed by atoms with Gasteiger partial charge >= 0.3 is 18.1 Å². The molecule has 9 nitrogen and oxygen atoms in total. The molecule has 4 rings (SSSR count). The van der Waals surface area contributed by atoms with Gasteiger partial charge in [0.05, 0.1) is 6.54 Å². The minimum absolute atomic E-state index is 0.0169. The fourth-order valence-electron chi connectivity index (χ4n) is 3.73. The summed E-state index contributed by atoms with van der Waals surface area (Å²) >= 11 is 5.99. The molecular formula is C24H21ClF3N5O4. The van der Waals surface area contributed by atoms with E-state index in [1.807, 2.05) is 0 Å². The molecule has 2 aromatic carbocycles. The third-order valence-electron chi connectivity index (χ3n) is 5.40. The van der Waals surface area contributed by atoms with Crippen LogP contribution >= 0.6 is 11.6 Å². The van der Waals surface area contributed by atoms with Crippen LogP contribution in [0.2, 0.25) is 5.02 Å². The fraction of sp³-hybridized carbons (Fsp3) is 0.250. The van der Waals surface area contributed by atoms with E-state index in [2.05, 4.69) is 21.4 Å². The van der Waals surface area contributed by atoms with Gasteiger partial charge in [-0.2, -0.15) is 4.98 Å². The maximum absolute atomic E-state index is 13.5. The number of ether oxygens (including phenoxy) is 2. The van der Waals surface area contributed by atoms with E-state index in [4.69, 9.17) is 16.3 Å². The molecule has 2 aromatic heterocycles. The minimum Gasteiger partial charge on any atom is -0.425 e. The highest BCUT2D eigenvalue weighted by Crippen LogP contribution is 2.30. The molecule has 0 N–H and O–H groups in total. The first kappa shape index (κ1) is 26.0. The molecule has 0 saturated carbocycles. The Labute approximate surface area is 213 Å². The predicted molar refractivity (Wildman–Crippen MR) is 132 cm³/mol. The summed E-state index contributed by atoms with van der Waals surface area (Å²) in [6.07, 6.45) is -4.46. The third-order valence-corrected chi connectivity index (χ3v) is 5.65. The first-order valence-electron chi connectivity index (χ1n) is 11.0. The average Bonchev–Trinajstić information content (AvgIpc) is 3.18. The molecule has 2 heterocycles. The molecule has 0 atom stereocenters. The average molecular weight is 536 g/mol. The van der Waals surface area contributed by atoms with E-state index in [-0.39, 0.29) is 36.0 Å². The number of benzene rings is 2. The number of nitrogens with zero attached hydrogens (tertiary/aromatic N) is 5. The third kappa shape index (κ3) is 5.85. The van der Waals surface area contributed by atoms with Gasteiger partial charge in [-0.3, -0.25) is 18.5 Å². The Morgan fingerprint density at radius 1 is 1.08 bits per heavy atom. The van der Waals surface area contributed by atoms with Crippen LogP contribution in [-0.2, 0) is 20.1 Å². The zero-order valence-electron chi connectivity index (χ0n) is 19.5. The van der Waals surface area contributed by atoms with Crippen molar-refractivity contribution in [2.24, 2.45) is 12.0 Å². The van der Waals surface area contributed by atoms with E-state index < -0.39 is 23.4 Å². The van der Waals surface area contributed by atoms with Crippen molar-refractivity contribution in [3.05, 3.63) is 80.0 Å². The van der Waals surface area contributed by atoms with Crippen molar-refractivity contribution in [3.63, 3.8) is 0 Å². The number of alkyl halides is 3. The lowest BCUT2D eigenvalue weighted by atomic mass is 10.2. The van der Waals surface area contributed by atoms with E-state index in [0.29, 0.717) is 18.0 Å². The number of rotatable bonds is 9. The molecule has 0 bridgehead atoms. The van der Waals surface area contributed by atoms with Crippen LogP contribution in [0.25, 0.3) is 11.2 Å². The Bertz CT molecular complexity index is 1560. The van der Waals surface area contributed by atoms with Gasteiger partial charge < -0.3 is 14.5 Å². The summed E-state index contributed by atoms with van der Waals surface area (Å²) in [4.78, 5) is 34.5. The van der Waals surface area contributed by atoms with Crippen LogP contribution in [0.3, 0.4) is 0 Å². The number of aromatic nitrogens is 4. The molecule has 37 heavy (non-hydrogen) atoms. The van der Waals surface area contributed by atoms with E-state index in [0.717, 1.165) is 22.3 Å². The molecular weight excluding hydrogens is 515 g/mol. The summed E-state index contributed by atoms with van der Waals surface area (Å²) in [6.45, 7) is 3.98. The van der Waals surface area contributed by atoms with Crippen molar-refractivity contribution in [1.82, 2.24) is 18.7 Å². The summed E-state index contributed by atoms with van der Waals surface area (Å²) in [5.74, 6) is -0.507. The smallest absolute Gasteiger partial charge is 0.425 e. The molecule has 0 spiro atoms. The summed E-state index contributed by atoms with van der Waals surface area (Å²) in [5, 5.41) is 0.512. The lowest BCUT2D eigenvalue weighted by Gasteiger charge is -2.12. The van der Waals surface area contributed by atoms with Gasteiger partial charge in [-0.15, -0.1) is 13.2 Å². The Morgan fingerprint density at radius 2 is 1.78 bits per heavy atom. The first-order chi connectivity index (χ1) is 17.6. The van der Waals surface area contributed by atoms with Crippen molar-refractivity contribution >= 4 is 29.5 Å². The lowest BCUT2D eigenvalue weighted by molar-refractivity contribution is -0.274. The predicted octanol–water partition coefficient (Wildman–Crippen LogP) is 4.38. The summed E-state index contributed by atoms with van der Waals surface area (Å²) in [5.41, 5.74) is -0.295. The Hall–Kier alpha value is -4.06. The standard InChI is InChI=1S/C24H21ClF3N5O4/c1-29-11-4-12-32-21(34)19-20(31(2)23(32)35)30-22(33(19)14-15-7-9-16(25)10-8-15)36-17-5-3-6-18(13-17)37-24(26,27)28/h3,5-10,13H,1,4,11-12,14H2,2H3. The van der Waals surface area contributed by atoms with Crippen molar-refractivity contribution in [2.45, 2.75) is 25.9 Å². The van der Waals surface area contributed by atoms with Crippen LogP contribution in [0.1, 0.15) is 12.0 Å². The zero-order chi connectivity index (χ0) is 26.7. The van der Waals surface area contributed by atoms with Crippen LogP contribution < -0.4 is 20.7 Å². The maximum atomic E-state index is 13.5. The topological polar surface area (TPSA) is 92.6 Å². The second kappa shape index (κ2) is 10.5. The normalized spacial score (nSPS) is 11.6. The number of hydrogen-bond acceptors (Lipinski definition) is 6. The number of fused-ring (bicyclic) bond motifs is 1. The molecule has 0 fully saturated rings. The molecule has 0 amide bonds. The van der Waals surface area contributed by atoms with E-state index in [9.17, 15) is 22.8 Å². The molecule has 194 valence electrons. The van der Waals surface area contributed by atoms with Crippen molar-refractivity contribution < 1.29 is 22.6 Å². The van der Waals surface area contributed by atoms with Gasteiger partial charge in [0.1, 0.15) is 11.5 Å². The van der Waals surface area contributed by atoms with Gasteiger partial charge in [0, 0.05) is 31.2 Å². The lowest BCUT2D eigenvalue weighted by Crippen LogP contribution is -2.39. The largest absolute Gasteiger partial charge is 0.573 e. The van der Waals surface area contributed by atoms with E-state index in [1.165, 1.54) is 28.3 Å². The summed E-state index contributed by atoms with van der Waals surface area (Å²) in [7, 11) is 1.47. The molecule has 0 unspecified atom stereocenters. The molecule has 0 aliphatic carbocycles. The number of imidazole rings is 1. The highest BCUT2D eigenvalue weighted by molar-refractivity contribution is 6.30. The molecule has 0 aliphatic rings. The molecule has 0 saturated heterocycles. The second-order valence-corrected chi connectivity index (χ2v) is 8.44. The summed E-state index contributed by atoms with van der Waals surface area (Å²) < 4.78 is 51.6. The Balaban J connectivity index is 1.86. The van der Waals surface area contributed by atoms with Crippen LogP contribution in [-0.4, -0.2) is 38.3 Å². The van der Waals surface area contributed by atoms with Crippen LogP contribution in [0.5, 0.6) is 17.5 Å². The van der Waals surface area contributed by atoms with Crippen LogP contribution in [0.15, 0.2) is 63.1 Å².